The van der Waals surface area contributed by atoms with Gasteiger partial charge in [0.05, 0.1) is 23.4 Å². The zero-order valence-electron chi connectivity index (χ0n) is 10.5. The molecular formula is C16H11ClN2O. The normalized spacial score (nSPS) is 10.7. The van der Waals surface area contributed by atoms with Gasteiger partial charge in [0.1, 0.15) is 11.2 Å². The Hall–Kier alpha value is -2.28. The predicted octanol–water partition coefficient (Wildman–Crippen LogP) is 3.65. The summed E-state index contributed by atoms with van der Waals surface area (Å²) in [4.78, 5) is 0. The zero-order chi connectivity index (χ0) is 14.1. The molecule has 0 spiro atoms. The lowest BCUT2D eigenvalue weighted by atomic mass is 10.2. The maximum absolute atomic E-state index is 9.54. The molecule has 0 unspecified atom stereocenters. The van der Waals surface area contributed by atoms with E-state index in [2.05, 4.69) is 6.07 Å². The Labute approximate surface area is 121 Å². The van der Waals surface area contributed by atoms with Gasteiger partial charge in [0, 0.05) is 10.9 Å². The van der Waals surface area contributed by atoms with E-state index in [-0.39, 0.29) is 6.61 Å². The molecule has 0 aliphatic rings. The van der Waals surface area contributed by atoms with Crippen LogP contribution in [-0.4, -0.2) is 9.67 Å². The van der Waals surface area contributed by atoms with E-state index in [1.165, 1.54) is 0 Å². The number of benzene rings is 2. The molecule has 3 rings (SSSR count). The Balaban J connectivity index is 2.43. The van der Waals surface area contributed by atoms with Crippen molar-refractivity contribution in [2.75, 3.05) is 0 Å². The molecule has 20 heavy (non-hydrogen) atoms. The second-order valence-corrected chi connectivity index (χ2v) is 4.77. The van der Waals surface area contributed by atoms with Crippen molar-refractivity contribution >= 4 is 22.5 Å². The summed E-state index contributed by atoms with van der Waals surface area (Å²) in [6.07, 6.45) is 0. The van der Waals surface area contributed by atoms with Crippen LogP contribution in [0.4, 0.5) is 0 Å². The number of aromatic nitrogens is 1. The van der Waals surface area contributed by atoms with E-state index < -0.39 is 0 Å². The van der Waals surface area contributed by atoms with Crippen molar-refractivity contribution in [3.05, 3.63) is 64.8 Å². The van der Waals surface area contributed by atoms with Crippen molar-refractivity contribution in [2.24, 2.45) is 0 Å². The monoisotopic (exact) mass is 282 g/mol. The first-order valence-electron chi connectivity index (χ1n) is 6.16. The van der Waals surface area contributed by atoms with E-state index in [9.17, 15) is 10.4 Å². The predicted molar refractivity (Wildman–Crippen MR) is 78.9 cm³/mol. The van der Waals surface area contributed by atoms with E-state index in [0.717, 1.165) is 16.6 Å². The minimum atomic E-state index is -0.138. The number of halogens is 1. The van der Waals surface area contributed by atoms with Crippen molar-refractivity contribution in [1.29, 1.82) is 5.26 Å². The van der Waals surface area contributed by atoms with Gasteiger partial charge in [-0.3, -0.25) is 4.57 Å². The lowest BCUT2D eigenvalue weighted by Gasteiger charge is -2.09. The second kappa shape index (κ2) is 5.01. The van der Waals surface area contributed by atoms with E-state index in [0.29, 0.717) is 16.3 Å². The third-order valence-electron chi connectivity index (χ3n) is 3.34. The molecule has 1 aromatic heterocycles. The fourth-order valence-corrected chi connectivity index (χ4v) is 2.77. The van der Waals surface area contributed by atoms with Gasteiger partial charge in [-0.2, -0.15) is 5.26 Å². The number of nitrogens with zero attached hydrogens (tertiary/aromatic N) is 2. The molecule has 0 fully saturated rings. The minimum Gasteiger partial charge on any atom is -0.392 e. The third-order valence-corrected chi connectivity index (χ3v) is 3.74. The molecule has 0 amide bonds. The molecule has 3 nitrogen and oxygen atoms in total. The average molecular weight is 283 g/mol. The number of nitriles is 1. The highest BCUT2D eigenvalue weighted by Crippen LogP contribution is 2.33. The van der Waals surface area contributed by atoms with Gasteiger partial charge in [-0.05, 0) is 18.2 Å². The van der Waals surface area contributed by atoms with Gasteiger partial charge in [0.25, 0.3) is 0 Å². The van der Waals surface area contributed by atoms with E-state index in [4.69, 9.17) is 11.6 Å². The van der Waals surface area contributed by atoms with E-state index in [1.807, 2.05) is 42.5 Å². The number of para-hydroxylation sites is 2. The van der Waals surface area contributed by atoms with Crippen LogP contribution in [0.2, 0.25) is 5.15 Å². The van der Waals surface area contributed by atoms with Crippen molar-refractivity contribution in [1.82, 2.24) is 4.57 Å². The first kappa shape index (κ1) is 12.7. The number of hydrogen-bond donors (Lipinski definition) is 1. The minimum absolute atomic E-state index is 0.138. The Morgan fingerprint density at radius 2 is 1.80 bits per heavy atom. The van der Waals surface area contributed by atoms with Crippen molar-refractivity contribution in [2.45, 2.75) is 6.61 Å². The SMILES string of the molecule is N#Cc1ccccc1-n1c(Cl)c(CO)c2ccccc21. The lowest BCUT2D eigenvalue weighted by molar-refractivity contribution is 0.283. The van der Waals surface area contributed by atoms with Crippen LogP contribution in [0.25, 0.3) is 16.6 Å². The van der Waals surface area contributed by atoms with Crippen LogP contribution >= 0.6 is 11.6 Å². The van der Waals surface area contributed by atoms with Gasteiger partial charge >= 0.3 is 0 Å². The molecule has 0 saturated carbocycles. The molecule has 98 valence electrons. The smallest absolute Gasteiger partial charge is 0.120 e. The second-order valence-electron chi connectivity index (χ2n) is 4.41. The number of fused-ring (bicyclic) bond motifs is 1. The molecule has 1 heterocycles. The fourth-order valence-electron chi connectivity index (χ4n) is 2.42. The summed E-state index contributed by atoms with van der Waals surface area (Å²) in [6, 6.07) is 17.1. The number of aliphatic hydroxyl groups is 1. The Morgan fingerprint density at radius 3 is 2.55 bits per heavy atom. The molecule has 0 atom stereocenters. The van der Waals surface area contributed by atoms with E-state index in [1.54, 1.807) is 10.6 Å². The first-order valence-corrected chi connectivity index (χ1v) is 6.54. The molecule has 0 bridgehead atoms. The topological polar surface area (TPSA) is 49.0 Å². The molecule has 0 radical (unpaired) electrons. The summed E-state index contributed by atoms with van der Waals surface area (Å²) >= 11 is 6.41. The van der Waals surface area contributed by atoms with Gasteiger partial charge < -0.3 is 5.11 Å². The Kier molecular flexibility index (Phi) is 3.19. The highest BCUT2D eigenvalue weighted by Gasteiger charge is 2.17. The van der Waals surface area contributed by atoms with Crippen LogP contribution in [0.5, 0.6) is 0 Å². The Morgan fingerprint density at radius 1 is 1.10 bits per heavy atom. The van der Waals surface area contributed by atoms with E-state index >= 15 is 0 Å². The van der Waals surface area contributed by atoms with Crippen molar-refractivity contribution in [3.63, 3.8) is 0 Å². The quantitative estimate of drug-likeness (QED) is 0.780. The largest absolute Gasteiger partial charge is 0.392 e. The molecule has 4 heteroatoms. The summed E-state index contributed by atoms with van der Waals surface area (Å²) < 4.78 is 1.81. The number of hydrogen-bond acceptors (Lipinski definition) is 2. The van der Waals surface area contributed by atoms with Crippen molar-refractivity contribution < 1.29 is 5.11 Å². The third kappa shape index (κ3) is 1.78. The molecule has 3 aromatic rings. The van der Waals surface area contributed by atoms with Gasteiger partial charge in [-0.1, -0.05) is 41.9 Å². The molecular weight excluding hydrogens is 272 g/mol. The highest BCUT2D eigenvalue weighted by atomic mass is 35.5. The van der Waals surface area contributed by atoms with Gasteiger partial charge in [0.15, 0.2) is 0 Å². The zero-order valence-corrected chi connectivity index (χ0v) is 11.3. The molecule has 1 N–H and O–H groups in total. The molecule has 0 saturated heterocycles. The van der Waals surface area contributed by atoms with Crippen LogP contribution in [0, 0.1) is 11.3 Å². The average Bonchev–Trinajstić information content (AvgIpc) is 2.78. The van der Waals surface area contributed by atoms with Crippen molar-refractivity contribution in [3.8, 4) is 11.8 Å². The number of rotatable bonds is 2. The summed E-state index contributed by atoms with van der Waals surface area (Å²) in [5, 5.41) is 20.1. The first-order chi connectivity index (χ1) is 9.77. The molecule has 0 aliphatic heterocycles. The molecule has 2 aromatic carbocycles. The van der Waals surface area contributed by atoms with Gasteiger partial charge in [-0.25, -0.2) is 0 Å². The van der Waals surface area contributed by atoms with Gasteiger partial charge in [-0.15, -0.1) is 0 Å². The Bertz CT molecular complexity index is 830. The summed E-state index contributed by atoms with van der Waals surface area (Å²) in [7, 11) is 0. The van der Waals surface area contributed by atoms with Crippen LogP contribution in [0.1, 0.15) is 11.1 Å². The summed E-state index contributed by atoms with van der Waals surface area (Å²) in [6.45, 7) is -0.138. The fraction of sp³-hybridized carbons (Fsp3) is 0.0625. The van der Waals surface area contributed by atoms with Gasteiger partial charge in [0.2, 0.25) is 0 Å². The maximum atomic E-state index is 9.54. The van der Waals surface area contributed by atoms with Crippen LogP contribution in [0.3, 0.4) is 0 Å². The van der Waals surface area contributed by atoms with Crippen LogP contribution in [-0.2, 0) is 6.61 Å². The molecule has 0 aliphatic carbocycles. The standard InChI is InChI=1S/C16H11ClN2O/c17-16-13(10-20)12-6-2-4-8-15(12)19(16)14-7-3-1-5-11(14)9-18/h1-8,20H,10H2. The summed E-state index contributed by atoms with van der Waals surface area (Å²) in [5.74, 6) is 0. The lowest BCUT2D eigenvalue weighted by Crippen LogP contribution is -1.97. The van der Waals surface area contributed by atoms with Crippen LogP contribution in [0.15, 0.2) is 48.5 Å². The highest BCUT2D eigenvalue weighted by molar-refractivity contribution is 6.32. The maximum Gasteiger partial charge on any atom is 0.120 e. The summed E-state index contributed by atoms with van der Waals surface area (Å²) in [5.41, 5.74) is 2.81. The number of aliphatic hydroxyl groups excluding tert-OH is 1. The van der Waals surface area contributed by atoms with Crippen LogP contribution < -0.4 is 0 Å².